The van der Waals surface area contributed by atoms with E-state index in [-0.39, 0.29) is 49.8 Å². The summed E-state index contributed by atoms with van der Waals surface area (Å²) < 4.78 is 33.7. The van der Waals surface area contributed by atoms with Crippen LogP contribution in [0.25, 0.3) is 0 Å². The second-order valence-electron chi connectivity index (χ2n) is 10.4. The van der Waals surface area contributed by atoms with E-state index >= 15 is 0 Å². The van der Waals surface area contributed by atoms with Gasteiger partial charge in [0.2, 0.25) is 21.8 Å². The van der Waals surface area contributed by atoms with Crippen molar-refractivity contribution in [3.8, 4) is 5.75 Å². The van der Waals surface area contributed by atoms with E-state index in [0.29, 0.717) is 23.1 Å². The molecule has 45 heavy (non-hydrogen) atoms. The van der Waals surface area contributed by atoms with Crippen LogP contribution < -0.4 is 21.1 Å². The average Bonchev–Trinajstić information content (AvgIpc) is 3.01. The maximum atomic E-state index is 13.6. The zero-order valence-electron chi connectivity index (χ0n) is 25.0. The molecule has 0 radical (unpaired) electrons. The van der Waals surface area contributed by atoms with Gasteiger partial charge < -0.3 is 26.2 Å². The van der Waals surface area contributed by atoms with Crippen molar-refractivity contribution in [2.24, 2.45) is 5.73 Å². The van der Waals surface area contributed by atoms with E-state index in [2.05, 4.69) is 15.4 Å². The molecule has 13 heteroatoms. The summed E-state index contributed by atoms with van der Waals surface area (Å²) in [5, 5.41) is 22.5. The second-order valence-corrected chi connectivity index (χ2v) is 12.1. The zero-order chi connectivity index (χ0) is 32.8. The number of carbonyl (C=O) groups is 3. The van der Waals surface area contributed by atoms with Gasteiger partial charge in [-0.15, -0.1) is 0 Å². The van der Waals surface area contributed by atoms with Gasteiger partial charge in [-0.05, 0) is 55.0 Å². The average molecular weight is 638 g/mol. The molecule has 7 N–H and O–H groups in total. The fourth-order valence-electron chi connectivity index (χ4n) is 4.42. The Bertz CT molecular complexity index is 1550. The second kappa shape index (κ2) is 16.9. The number of phenols is 1. The molecular formula is C32H39N5O7S. The molecule has 0 aliphatic carbocycles. The van der Waals surface area contributed by atoms with Gasteiger partial charge in [0.25, 0.3) is 0 Å². The van der Waals surface area contributed by atoms with Gasteiger partial charge in [0.1, 0.15) is 23.7 Å². The van der Waals surface area contributed by atoms with E-state index in [0.717, 1.165) is 5.56 Å². The van der Waals surface area contributed by atoms with Gasteiger partial charge in [0.05, 0.1) is 12.4 Å². The molecule has 0 saturated carbocycles. The Morgan fingerprint density at radius 3 is 2.13 bits per heavy atom. The van der Waals surface area contributed by atoms with Crippen LogP contribution in [0.1, 0.15) is 48.4 Å². The highest BCUT2D eigenvalue weighted by Gasteiger charge is 2.29. The number of hydrogen-bond donors (Lipinski definition) is 6. The van der Waals surface area contributed by atoms with Crippen molar-refractivity contribution in [1.82, 2.24) is 15.4 Å². The number of nitrogen functional groups attached to an aromatic ring is 1. The van der Waals surface area contributed by atoms with E-state index in [1.807, 2.05) is 0 Å². The van der Waals surface area contributed by atoms with E-state index in [1.54, 1.807) is 73.7 Å². The predicted molar refractivity (Wildman–Crippen MR) is 170 cm³/mol. The van der Waals surface area contributed by atoms with Crippen LogP contribution in [0.5, 0.6) is 5.75 Å². The maximum absolute atomic E-state index is 13.6. The minimum atomic E-state index is -3.98. The van der Waals surface area contributed by atoms with Crippen molar-refractivity contribution in [3.63, 3.8) is 0 Å². The number of amidine groups is 1. The lowest BCUT2D eigenvalue weighted by molar-refractivity contribution is -0.143. The molecule has 2 atom stereocenters. The summed E-state index contributed by atoms with van der Waals surface area (Å²) in [4.78, 5) is 39.0. The molecule has 0 unspecified atom stereocenters. The summed E-state index contributed by atoms with van der Waals surface area (Å²) >= 11 is 0. The van der Waals surface area contributed by atoms with Gasteiger partial charge >= 0.3 is 5.97 Å². The van der Waals surface area contributed by atoms with Crippen LogP contribution in [-0.4, -0.2) is 55.8 Å². The van der Waals surface area contributed by atoms with Gasteiger partial charge in [0, 0.05) is 18.5 Å². The van der Waals surface area contributed by atoms with Crippen LogP contribution in [0.2, 0.25) is 0 Å². The van der Waals surface area contributed by atoms with Crippen molar-refractivity contribution in [3.05, 3.63) is 101 Å². The smallest absolute Gasteiger partial charge is 0.305 e. The Morgan fingerprint density at radius 2 is 1.51 bits per heavy atom. The Hall–Kier alpha value is -4.75. The highest BCUT2D eigenvalue weighted by molar-refractivity contribution is 7.88. The van der Waals surface area contributed by atoms with Gasteiger partial charge in [-0.1, -0.05) is 66.7 Å². The number of phenolic OH excluding ortho intramolecular Hbond substituents is 1. The fourth-order valence-corrected chi connectivity index (χ4v) is 5.79. The van der Waals surface area contributed by atoms with E-state index in [9.17, 15) is 27.9 Å². The number of benzene rings is 3. The summed E-state index contributed by atoms with van der Waals surface area (Å²) in [6, 6.07) is 19.1. The first-order valence-electron chi connectivity index (χ1n) is 14.4. The Labute approximate surface area is 262 Å². The molecule has 3 aromatic carbocycles. The molecule has 0 aliphatic rings. The van der Waals surface area contributed by atoms with E-state index < -0.39 is 39.9 Å². The number of amides is 2. The van der Waals surface area contributed by atoms with Crippen molar-refractivity contribution in [2.45, 2.75) is 57.0 Å². The van der Waals surface area contributed by atoms with Crippen molar-refractivity contribution in [1.29, 1.82) is 5.41 Å². The Morgan fingerprint density at radius 1 is 0.867 bits per heavy atom. The molecule has 0 fully saturated rings. The minimum Gasteiger partial charge on any atom is -0.508 e. The number of ether oxygens (including phenoxy) is 1. The number of rotatable bonds is 17. The Balaban J connectivity index is 1.77. The van der Waals surface area contributed by atoms with E-state index in [1.165, 1.54) is 12.1 Å². The van der Waals surface area contributed by atoms with Crippen molar-refractivity contribution in [2.75, 3.05) is 6.61 Å². The largest absolute Gasteiger partial charge is 0.508 e. The lowest BCUT2D eigenvalue weighted by Crippen LogP contribution is -2.54. The summed E-state index contributed by atoms with van der Waals surface area (Å²) in [6.45, 7) is 1.90. The van der Waals surface area contributed by atoms with Crippen molar-refractivity contribution < 1.29 is 32.6 Å². The topological polar surface area (TPSA) is 201 Å². The van der Waals surface area contributed by atoms with Crippen molar-refractivity contribution >= 4 is 33.6 Å². The highest BCUT2D eigenvalue weighted by atomic mass is 32.2. The molecule has 2 amide bonds. The number of hydrogen-bond acceptors (Lipinski definition) is 8. The number of aromatic hydroxyl groups is 1. The van der Waals surface area contributed by atoms with Gasteiger partial charge in [0.15, 0.2) is 0 Å². The standard InChI is InChI=1S/C32H39N5O7S/c1-2-44-29(39)19-18-27(31(40)35-20-23-8-13-25(14-9-23)30(33)34)36-32(41)28(17-12-22-10-15-26(38)16-11-22)37-45(42,43)21-24-6-4-3-5-7-24/h3-11,13-16,27-28,37-38H,2,12,17-21H2,1H3,(H3,33,34)(H,35,40)(H,36,41)/t27-,28+/m0/s1. The number of sulfonamides is 1. The van der Waals surface area contributed by atoms with Crippen LogP contribution in [0.3, 0.4) is 0 Å². The monoisotopic (exact) mass is 637 g/mol. The normalized spacial score (nSPS) is 12.5. The summed E-state index contributed by atoms with van der Waals surface area (Å²) in [7, 11) is -3.98. The molecule has 3 rings (SSSR count). The molecule has 12 nitrogen and oxygen atoms in total. The number of nitrogens with two attached hydrogens (primary N) is 1. The maximum Gasteiger partial charge on any atom is 0.305 e. The lowest BCUT2D eigenvalue weighted by atomic mass is 10.0. The minimum absolute atomic E-state index is 0.0549. The zero-order valence-corrected chi connectivity index (χ0v) is 25.8. The SMILES string of the molecule is CCOC(=O)CC[C@H](NC(=O)[C@@H](CCc1ccc(O)cc1)NS(=O)(=O)Cc1ccccc1)C(=O)NCc1ccc(C(=N)N)cc1. The number of esters is 1. The third kappa shape index (κ3) is 12.0. The number of carbonyl (C=O) groups excluding carboxylic acids is 3. The van der Waals surface area contributed by atoms with E-state index in [4.69, 9.17) is 15.9 Å². The fraction of sp³-hybridized carbons (Fsp3) is 0.312. The lowest BCUT2D eigenvalue weighted by Gasteiger charge is -2.23. The van der Waals surface area contributed by atoms with Gasteiger partial charge in [-0.2, -0.15) is 0 Å². The predicted octanol–water partition coefficient (Wildman–Crippen LogP) is 2.24. The molecular weight excluding hydrogens is 598 g/mol. The molecule has 0 spiro atoms. The molecule has 0 aliphatic heterocycles. The summed E-state index contributed by atoms with van der Waals surface area (Å²) in [5.74, 6) is -2.23. The third-order valence-electron chi connectivity index (χ3n) is 6.80. The number of nitrogens with one attached hydrogen (secondary N) is 4. The highest BCUT2D eigenvalue weighted by Crippen LogP contribution is 2.14. The van der Waals surface area contributed by atoms with Crippen LogP contribution in [0.4, 0.5) is 0 Å². The van der Waals surface area contributed by atoms with Crippen LogP contribution >= 0.6 is 0 Å². The first-order valence-corrected chi connectivity index (χ1v) is 16.1. The molecule has 240 valence electrons. The molecule has 3 aromatic rings. The summed E-state index contributed by atoms with van der Waals surface area (Å²) in [6.07, 6.45) is 0.111. The van der Waals surface area contributed by atoms with Crippen LogP contribution in [0, 0.1) is 5.41 Å². The first kappa shape index (κ1) is 34.7. The number of aryl methyl sites for hydroxylation is 1. The first-order chi connectivity index (χ1) is 21.5. The molecule has 0 heterocycles. The van der Waals surface area contributed by atoms with Crippen LogP contribution in [0.15, 0.2) is 78.9 Å². The van der Waals surface area contributed by atoms with Gasteiger partial charge in [-0.3, -0.25) is 19.8 Å². The molecule has 0 bridgehead atoms. The van der Waals surface area contributed by atoms with Gasteiger partial charge in [-0.25, -0.2) is 13.1 Å². The summed E-state index contributed by atoms with van der Waals surface area (Å²) in [5.41, 5.74) is 8.03. The Kier molecular flexibility index (Phi) is 13.1. The quantitative estimate of drug-likeness (QED) is 0.0735. The third-order valence-corrected chi connectivity index (χ3v) is 8.16. The molecule has 0 aromatic heterocycles. The molecule has 0 saturated heterocycles. The van der Waals surface area contributed by atoms with Crippen LogP contribution in [-0.2, 0) is 47.9 Å².